The van der Waals surface area contributed by atoms with Crippen LogP contribution in [0.1, 0.15) is 27.2 Å². The molecule has 6 nitrogen and oxygen atoms in total. The Balaban J connectivity index is 2.53. The van der Waals surface area contributed by atoms with Crippen LogP contribution >= 0.6 is 15.9 Å². The monoisotopic (exact) mass is 489 g/mol. The van der Waals surface area contributed by atoms with Gasteiger partial charge in [0, 0.05) is 17.8 Å². The van der Waals surface area contributed by atoms with Crippen molar-refractivity contribution in [3.05, 3.63) is 59.6 Å². The van der Waals surface area contributed by atoms with E-state index in [2.05, 4.69) is 22.5 Å². The predicted molar refractivity (Wildman–Crippen MR) is 125 cm³/mol. The van der Waals surface area contributed by atoms with Crippen molar-refractivity contribution in [2.75, 3.05) is 19.1 Å². The summed E-state index contributed by atoms with van der Waals surface area (Å²) >= 11 is 3.28. The third-order valence-corrected chi connectivity index (χ3v) is 4.62. The number of methoxy groups -OCH3 is 2. The zero-order chi connectivity index (χ0) is 23.2. The summed E-state index contributed by atoms with van der Waals surface area (Å²) in [7, 11) is 3.14. The molecule has 0 saturated heterocycles. The van der Waals surface area contributed by atoms with Gasteiger partial charge in [-0.15, -0.1) is 0 Å². The smallest absolute Gasteiger partial charge is 0.319 e. The summed E-state index contributed by atoms with van der Waals surface area (Å²) < 4.78 is 16.5. The second-order valence-corrected chi connectivity index (χ2v) is 9.00. The summed E-state index contributed by atoms with van der Waals surface area (Å²) in [5, 5.41) is 0. The summed E-state index contributed by atoms with van der Waals surface area (Å²) in [6, 6.07) is 14.1. The highest BCUT2D eigenvalue weighted by Gasteiger charge is 2.36. The highest BCUT2D eigenvalue weighted by Crippen LogP contribution is 2.32. The predicted octanol–water partition coefficient (Wildman–Crippen LogP) is 5.63. The highest BCUT2D eigenvalue weighted by molar-refractivity contribution is 9.11. The van der Waals surface area contributed by atoms with Gasteiger partial charge < -0.3 is 14.2 Å². The molecular formula is C24H28BrNO5. The molecule has 31 heavy (non-hydrogen) atoms. The molecule has 0 bridgehead atoms. The van der Waals surface area contributed by atoms with Crippen LogP contribution in [0.2, 0.25) is 0 Å². The van der Waals surface area contributed by atoms with E-state index < -0.39 is 23.4 Å². The van der Waals surface area contributed by atoms with E-state index in [9.17, 15) is 9.59 Å². The average Bonchev–Trinajstić information content (AvgIpc) is 2.71. The summed E-state index contributed by atoms with van der Waals surface area (Å²) in [6.07, 6.45) is 0.108. The van der Waals surface area contributed by atoms with Gasteiger partial charge in [0.25, 0.3) is 0 Å². The van der Waals surface area contributed by atoms with E-state index in [1.54, 1.807) is 83.5 Å². The minimum absolute atomic E-state index is 0.108. The first-order valence-corrected chi connectivity index (χ1v) is 10.5. The lowest BCUT2D eigenvalue weighted by Gasteiger charge is -2.29. The highest BCUT2D eigenvalue weighted by atomic mass is 79.9. The Morgan fingerprint density at radius 1 is 0.935 bits per heavy atom. The Kier molecular flexibility index (Phi) is 8.28. The largest absolute Gasteiger partial charge is 0.497 e. The van der Waals surface area contributed by atoms with Gasteiger partial charge in [0.1, 0.15) is 23.0 Å². The molecule has 2 rings (SSSR count). The Morgan fingerprint density at radius 3 is 1.68 bits per heavy atom. The van der Waals surface area contributed by atoms with Crippen LogP contribution in [0.3, 0.4) is 0 Å². The molecule has 2 aromatic rings. The molecule has 0 unspecified atom stereocenters. The molecule has 166 valence electrons. The van der Waals surface area contributed by atoms with E-state index in [4.69, 9.17) is 14.2 Å². The minimum Gasteiger partial charge on any atom is -0.497 e. The van der Waals surface area contributed by atoms with Gasteiger partial charge >= 0.3 is 5.97 Å². The zero-order valence-electron chi connectivity index (χ0n) is 18.5. The lowest BCUT2D eigenvalue weighted by Crippen LogP contribution is -2.40. The molecular weight excluding hydrogens is 462 g/mol. The molecule has 0 saturated carbocycles. The SMILES string of the molecule is C=C(Br)C[C@H](C(=O)OC(C)(C)C)C(=O)N(c1ccc(OC)cc1)c1ccc(OC)cc1. The summed E-state index contributed by atoms with van der Waals surface area (Å²) in [6.45, 7) is 9.10. The van der Waals surface area contributed by atoms with Crippen molar-refractivity contribution in [1.29, 1.82) is 0 Å². The van der Waals surface area contributed by atoms with E-state index in [0.29, 0.717) is 27.4 Å². The second-order valence-electron chi connectivity index (χ2n) is 7.88. The number of hydrogen-bond donors (Lipinski definition) is 0. The molecule has 0 heterocycles. The maximum absolute atomic E-state index is 13.7. The molecule has 0 fully saturated rings. The molecule has 2 aromatic carbocycles. The summed E-state index contributed by atoms with van der Waals surface area (Å²) in [5.74, 6) is -0.794. The van der Waals surface area contributed by atoms with Crippen LogP contribution < -0.4 is 14.4 Å². The second kappa shape index (κ2) is 10.5. The Hall–Kier alpha value is -2.80. The molecule has 0 aliphatic rings. The van der Waals surface area contributed by atoms with Crippen LogP contribution in [-0.2, 0) is 14.3 Å². The fourth-order valence-corrected chi connectivity index (χ4v) is 3.21. The lowest BCUT2D eigenvalue weighted by atomic mass is 10.0. The molecule has 0 aliphatic heterocycles. The van der Waals surface area contributed by atoms with Crippen LogP contribution in [0.15, 0.2) is 59.6 Å². The minimum atomic E-state index is -1.07. The first-order chi connectivity index (χ1) is 14.6. The average molecular weight is 490 g/mol. The van der Waals surface area contributed by atoms with E-state index in [-0.39, 0.29) is 6.42 Å². The number of carbonyl (C=O) groups is 2. The Labute approximate surface area is 191 Å². The van der Waals surface area contributed by atoms with Gasteiger partial charge in [0.2, 0.25) is 5.91 Å². The number of amides is 1. The maximum Gasteiger partial charge on any atom is 0.319 e. The molecule has 0 aliphatic carbocycles. The van der Waals surface area contributed by atoms with Crippen molar-refractivity contribution in [1.82, 2.24) is 0 Å². The third kappa shape index (κ3) is 6.85. The van der Waals surface area contributed by atoms with Gasteiger partial charge in [-0.1, -0.05) is 22.5 Å². The topological polar surface area (TPSA) is 65.1 Å². The summed E-state index contributed by atoms with van der Waals surface area (Å²) in [4.78, 5) is 28.1. The molecule has 0 aromatic heterocycles. The first kappa shape index (κ1) is 24.5. The van der Waals surface area contributed by atoms with Crippen LogP contribution in [0.4, 0.5) is 11.4 Å². The Bertz CT molecular complexity index is 869. The number of anilines is 2. The number of esters is 1. The summed E-state index contributed by atoms with van der Waals surface area (Å²) in [5.41, 5.74) is 0.448. The van der Waals surface area contributed by atoms with Crippen molar-refractivity contribution in [3.8, 4) is 11.5 Å². The van der Waals surface area contributed by atoms with Crippen molar-refractivity contribution in [2.24, 2.45) is 5.92 Å². The Morgan fingerprint density at radius 2 is 1.35 bits per heavy atom. The van der Waals surface area contributed by atoms with Gasteiger partial charge in [-0.2, -0.15) is 0 Å². The quantitative estimate of drug-likeness (QED) is 0.355. The van der Waals surface area contributed by atoms with E-state index in [1.165, 1.54) is 4.90 Å². The molecule has 0 spiro atoms. The number of ether oxygens (including phenoxy) is 3. The molecule has 0 N–H and O–H groups in total. The number of nitrogens with zero attached hydrogens (tertiary/aromatic N) is 1. The number of hydrogen-bond acceptors (Lipinski definition) is 5. The van der Waals surface area contributed by atoms with Gasteiger partial charge in [-0.25, -0.2) is 0 Å². The van der Waals surface area contributed by atoms with Crippen molar-refractivity contribution < 1.29 is 23.8 Å². The van der Waals surface area contributed by atoms with Crippen LogP contribution in [0, 0.1) is 5.92 Å². The van der Waals surface area contributed by atoms with Crippen LogP contribution in [0.5, 0.6) is 11.5 Å². The van der Waals surface area contributed by atoms with E-state index in [0.717, 1.165) is 0 Å². The maximum atomic E-state index is 13.7. The third-order valence-electron chi connectivity index (χ3n) is 4.30. The number of benzene rings is 2. The van der Waals surface area contributed by atoms with E-state index in [1.807, 2.05) is 0 Å². The zero-order valence-corrected chi connectivity index (χ0v) is 20.1. The fraction of sp³-hybridized carbons (Fsp3) is 0.333. The van der Waals surface area contributed by atoms with Crippen LogP contribution in [0.25, 0.3) is 0 Å². The number of rotatable bonds is 8. The standard InChI is InChI=1S/C24H28BrNO5/c1-16(25)15-21(23(28)31-24(2,3)4)22(27)26(17-7-11-19(29-5)12-8-17)18-9-13-20(30-6)14-10-18/h7-14,21H,1,15H2,2-6H3/t21-/m0/s1. The van der Waals surface area contributed by atoms with Gasteiger partial charge in [-0.3, -0.25) is 14.5 Å². The fourth-order valence-electron chi connectivity index (χ4n) is 2.89. The van der Waals surface area contributed by atoms with Crippen molar-refractivity contribution in [2.45, 2.75) is 32.8 Å². The van der Waals surface area contributed by atoms with Crippen molar-refractivity contribution in [3.63, 3.8) is 0 Å². The van der Waals surface area contributed by atoms with Crippen LogP contribution in [-0.4, -0.2) is 31.7 Å². The molecule has 1 amide bonds. The molecule has 1 atom stereocenters. The number of carbonyl (C=O) groups excluding carboxylic acids is 2. The number of allylic oxidation sites excluding steroid dienone is 1. The van der Waals surface area contributed by atoms with Gasteiger partial charge in [0.15, 0.2) is 0 Å². The number of halogens is 1. The van der Waals surface area contributed by atoms with Gasteiger partial charge in [0.05, 0.1) is 14.2 Å². The first-order valence-electron chi connectivity index (χ1n) is 9.74. The van der Waals surface area contributed by atoms with Gasteiger partial charge in [-0.05, 0) is 73.8 Å². The lowest BCUT2D eigenvalue weighted by molar-refractivity contribution is -0.161. The normalized spacial score (nSPS) is 11.9. The molecule has 0 radical (unpaired) electrons. The van der Waals surface area contributed by atoms with E-state index >= 15 is 0 Å². The van der Waals surface area contributed by atoms with Crippen molar-refractivity contribution >= 4 is 39.2 Å². The molecule has 7 heteroatoms.